The standard InChI is InChI=1S/C18H23N3O2S/c1-12-16(14(3)22)13(2)19-17(12)18(23)21-8-6-20(7-9-21)11-15-5-4-10-24-15/h4-5,10,19H,6-9,11H2,1-3H3. The van der Waals surface area contributed by atoms with E-state index in [1.165, 1.54) is 4.88 Å². The van der Waals surface area contributed by atoms with Crippen molar-refractivity contribution < 1.29 is 9.59 Å². The lowest BCUT2D eigenvalue weighted by Gasteiger charge is -2.34. The normalized spacial score (nSPS) is 15.7. The Morgan fingerprint density at radius 3 is 2.46 bits per heavy atom. The predicted molar refractivity (Wildman–Crippen MR) is 95.8 cm³/mol. The molecule has 128 valence electrons. The van der Waals surface area contributed by atoms with Gasteiger partial charge in [0.1, 0.15) is 5.69 Å². The van der Waals surface area contributed by atoms with E-state index in [0.717, 1.165) is 44.0 Å². The highest BCUT2D eigenvalue weighted by molar-refractivity contribution is 7.09. The van der Waals surface area contributed by atoms with Crippen LogP contribution in [-0.2, 0) is 6.54 Å². The van der Waals surface area contributed by atoms with E-state index >= 15 is 0 Å². The summed E-state index contributed by atoms with van der Waals surface area (Å²) in [6, 6.07) is 4.22. The molecular weight excluding hydrogens is 322 g/mol. The Morgan fingerprint density at radius 1 is 1.21 bits per heavy atom. The van der Waals surface area contributed by atoms with Gasteiger partial charge in [-0.1, -0.05) is 6.07 Å². The highest BCUT2D eigenvalue weighted by Crippen LogP contribution is 2.21. The van der Waals surface area contributed by atoms with E-state index in [1.807, 2.05) is 18.7 Å². The summed E-state index contributed by atoms with van der Waals surface area (Å²) >= 11 is 1.77. The number of hydrogen-bond acceptors (Lipinski definition) is 4. The van der Waals surface area contributed by atoms with Crippen molar-refractivity contribution >= 4 is 23.0 Å². The Labute approximate surface area is 146 Å². The second kappa shape index (κ2) is 6.91. The molecule has 0 radical (unpaired) electrons. The van der Waals surface area contributed by atoms with Crippen LogP contribution in [0.2, 0.25) is 0 Å². The van der Waals surface area contributed by atoms with E-state index in [-0.39, 0.29) is 11.7 Å². The minimum absolute atomic E-state index is 0.000988. The van der Waals surface area contributed by atoms with Crippen LogP contribution >= 0.6 is 11.3 Å². The van der Waals surface area contributed by atoms with Gasteiger partial charge in [-0.25, -0.2) is 0 Å². The van der Waals surface area contributed by atoms with Crippen molar-refractivity contribution in [2.45, 2.75) is 27.3 Å². The van der Waals surface area contributed by atoms with Gasteiger partial charge < -0.3 is 9.88 Å². The molecule has 0 saturated carbocycles. The molecule has 3 heterocycles. The fourth-order valence-electron chi connectivity index (χ4n) is 3.38. The molecule has 0 unspecified atom stereocenters. The topological polar surface area (TPSA) is 56.4 Å². The number of aromatic nitrogens is 1. The van der Waals surface area contributed by atoms with E-state index < -0.39 is 0 Å². The van der Waals surface area contributed by atoms with E-state index in [2.05, 4.69) is 27.4 Å². The van der Waals surface area contributed by atoms with Crippen molar-refractivity contribution in [2.75, 3.05) is 26.2 Å². The number of rotatable bonds is 4. The Balaban J connectivity index is 1.65. The Morgan fingerprint density at radius 2 is 1.92 bits per heavy atom. The number of carbonyl (C=O) groups is 2. The quantitative estimate of drug-likeness (QED) is 0.867. The summed E-state index contributed by atoms with van der Waals surface area (Å²) < 4.78 is 0. The first-order valence-electron chi connectivity index (χ1n) is 8.21. The number of amides is 1. The maximum atomic E-state index is 12.8. The highest BCUT2D eigenvalue weighted by atomic mass is 32.1. The van der Waals surface area contributed by atoms with Gasteiger partial charge in [0.05, 0.1) is 0 Å². The van der Waals surface area contributed by atoms with Gasteiger partial charge in [-0.05, 0) is 37.8 Å². The van der Waals surface area contributed by atoms with Crippen LogP contribution in [0.3, 0.4) is 0 Å². The molecule has 1 fully saturated rings. The van der Waals surface area contributed by atoms with Crippen LogP contribution in [0.15, 0.2) is 17.5 Å². The smallest absolute Gasteiger partial charge is 0.270 e. The Bertz CT molecular complexity index is 741. The SMILES string of the molecule is CC(=O)c1c(C)[nH]c(C(=O)N2CCN(Cc3cccs3)CC2)c1C. The lowest BCUT2D eigenvalue weighted by atomic mass is 10.1. The van der Waals surface area contributed by atoms with Gasteiger partial charge in [0.25, 0.3) is 5.91 Å². The molecule has 1 aliphatic heterocycles. The summed E-state index contributed by atoms with van der Waals surface area (Å²) in [5.74, 6) is -0.0000549. The number of piperazine rings is 1. The maximum absolute atomic E-state index is 12.8. The highest BCUT2D eigenvalue weighted by Gasteiger charge is 2.26. The third kappa shape index (κ3) is 3.30. The van der Waals surface area contributed by atoms with Crippen molar-refractivity contribution in [3.63, 3.8) is 0 Å². The van der Waals surface area contributed by atoms with Crippen LogP contribution in [0.1, 0.15) is 43.9 Å². The monoisotopic (exact) mass is 345 g/mol. The number of hydrogen-bond donors (Lipinski definition) is 1. The molecule has 1 N–H and O–H groups in total. The number of aryl methyl sites for hydroxylation is 1. The summed E-state index contributed by atoms with van der Waals surface area (Å²) in [6.07, 6.45) is 0. The summed E-state index contributed by atoms with van der Waals surface area (Å²) in [4.78, 5) is 33.3. The molecule has 0 atom stereocenters. The molecule has 0 aromatic carbocycles. The number of nitrogens with zero attached hydrogens (tertiary/aromatic N) is 2. The zero-order valence-electron chi connectivity index (χ0n) is 14.4. The second-order valence-corrected chi connectivity index (χ2v) is 7.36. The first-order valence-corrected chi connectivity index (χ1v) is 9.09. The van der Waals surface area contributed by atoms with Crippen LogP contribution in [0.4, 0.5) is 0 Å². The molecule has 1 aliphatic rings. The van der Waals surface area contributed by atoms with Crippen molar-refractivity contribution in [3.8, 4) is 0 Å². The number of thiophene rings is 1. The summed E-state index contributed by atoms with van der Waals surface area (Å²) in [5, 5.41) is 2.10. The van der Waals surface area contributed by atoms with E-state index in [0.29, 0.717) is 11.3 Å². The first kappa shape index (κ1) is 16.9. The average Bonchev–Trinajstić information content (AvgIpc) is 3.15. The predicted octanol–water partition coefficient (Wildman–Crippen LogP) is 2.85. The number of Topliss-reactive ketones (excluding diaryl/α,β-unsaturated/α-hetero) is 1. The molecule has 0 aliphatic carbocycles. The van der Waals surface area contributed by atoms with Gasteiger partial charge in [0.15, 0.2) is 5.78 Å². The average molecular weight is 345 g/mol. The molecule has 2 aromatic rings. The van der Waals surface area contributed by atoms with Crippen molar-refractivity contribution in [3.05, 3.63) is 44.9 Å². The molecule has 24 heavy (non-hydrogen) atoms. The third-order valence-corrected chi connectivity index (χ3v) is 5.48. The molecule has 0 bridgehead atoms. The molecule has 0 spiro atoms. The number of H-pyrrole nitrogens is 1. The van der Waals surface area contributed by atoms with Gasteiger partial charge in [0.2, 0.25) is 0 Å². The molecule has 3 rings (SSSR count). The third-order valence-electron chi connectivity index (χ3n) is 4.62. The van der Waals surface area contributed by atoms with Crippen molar-refractivity contribution in [1.29, 1.82) is 0 Å². The fraction of sp³-hybridized carbons (Fsp3) is 0.444. The second-order valence-electron chi connectivity index (χ2n) is 6.33. The lowest BCUT2D eigenvalue weighted by molar-refractivity contribution is 0.0623. The lowest BCUT2D eigenvalue weighted by Crippen LogP contribution is -2.48. The number of nitrogens with one attached hydrogen (secondary N) is 1. The van der Waals surface area contributed by atoms with Gasteiger partial charge in [-0.3, -0.25) is 14.5 Å². The zero-order chi connectivity index (χ0) is 17.3. The van der Waals surface area contributed by atoms with Crippen LogP contribution < -0.4 is 0 Å². The van der Waals surface area contributed by atoms with Crippen LogP contribution in [-0.4, -0.2) is 52.7 Å². The summed E-state index contributed by atoms with van der Waals surface area (Å²) in [7, 11) is 0. The Hall–Kier alpha value is -1.92. The first-order chi connectivity index (χ1) is 11.5. The van der Waals surface area contributed by atoms with Crippen molar-refractivity contribution in [2.24, 2.45) is 0 Å². The Kier molecular flexibility index (Phi) is 4.87. The largest absolute Gasteiger partial charge is 0.354 e. The zero-order valence-corrected chi connectivity index (χ0v) is 15.2. The molecule has 1 saturated heterocycles. The number of aromatic amines is 1. The maximum Gasteiger partial charge on any atom is 0.270 e. The summed E-state index contributed by atoms with van der Waals surface area (Å²) in [5.41, 5.74) is 2.75. The summed E-state index contributed by atoms with van der Waals surface area (Å²) in [6.45, 7) is 9.38. The van der Waals surface area contributed by atoms with Crippen molar-refractivity contribution in [1.82, 2.24) is 14.8 Å². The van der Waals surface area contributed by atoms with Gasteiger partial charge in [0, 0.05) is 48.9 Å². The van der Waals surface area contributed by atoms with E-state index in [9.17, 15) is 9.59 Å². The van der Waals surface area contributed by atoms with Crippen LogP contribution in [0, 0.1) is 13.8 Å². The van der Waals surface area contributed by atoms with Gasteiger partial charge in [-0.2, -0.15) is 0 Å². The molecule has 1 amide bonds. The van der Waals surface area contributed by atoms with Gasteiger partial charge >= 0.3 is 0 Å². The minimum atomic E-state index is -0.00104. The molecule has 2 aromatic heterocycles. The number of carbonyl (C=O) groups excluding carboxylic acids is 2. The molecule has 6 heteroatoms. The van der Waals surface area contributed by atoms with Gasteiger partial charge in [-0.15, -0.1) is 11.3 Å². The van der Waals surface area contributed by atoms with E-state index in [4.69, 9.17) is 0 Å². The molecule has 5 nitrogen and oxygen atoms in total. The van der Waals surface area contributed by atoms with E-state index in [1.54, 1.807) is 18.3 Å². The van der Waals surface area contributed by atoms with Crippen LogP contribution in [0.25, 0.3) is 0 Å². The fourth-order valence-corrected chi connectivity index (χ4v) is 4.13. The number of ketones is 1. The van der Waals surface area contributed by atoms with Crippen LogP contribution in [0.5, 0.6) is 0 Å². The molecular formula is C18H23N3O2S. The minimum Gasteiger partial charge on any atom is -0.354 e.